The zero-order valence-corrected chi connectivity index (χ0v) is 13.9. The summed E-state index contributed by atoms with van der Waals surface area (Å²) in [5, 5.41) is 11.3. The number of fused-ring (bicyclic) bond motifs is 1. The van der Waals surface area contributed by atoms with Crippen molar-refractivity contribution >= 4 is 50.0 Å². The van der Waals surface area contributed by atoms with E-state index in [4.69, 9.17) is 23.2 Å². The molecule has 0 atom stereocenters. The van der Waals surface area contributed by atoms with Gasteiger partial charge in [0, 0.05) is 28.1 Å². The maximum atomic E-state index is 9.27. The highest BCUT2D eigenvalue weighted by Crippen LogP contribution is 2.27. The molecule has 0 radical (unpaired) electrons. The topological polar surface area (TPSA) is 28.7 Å². The minimum atomic E-state index is 0.536. The van der Waals surface area contributed by atoms with Crippen LogP contribution >= 0.6 is 39.1 Å². The lowest BCUT2D eigenvalue weighted by Gasteiger charge is -2.07. The largest absolute Gasteiger partial charge is 0.342 e. The number of nitrogens with zero attached hydrogens (tertiary/aromatic N) is 2. The molecular weight excluding hydrogens is 371 g/mol. The Morgan fingerprint density at radius 2 is 1.90 bits per heavy atom. The maximum Gasteiger partial charge on any atom is 0.101 e. The van der Waals surface area contributed by atoms with Gasteiger partial charge in [-0.15, -0.1) is 0 Å². The van der Waals surface area contributed by atoms with Crippen molar-refractivity contribution in [3.05, 3.63) is 68.2 Å². The Bertz CT molecular complexity index is 878. The summed E-state index contributed by atoms with van der Waals surface area (Å²) in [5.74, 6) is 0. The van der Waals surface area contributed by atoms with Crippen molar-refractivity contribution in [3.8, 4) is 6.07 Å². The molecule has 0 N–H and O–H groups in total. The normalized spacial score (nSPS) is 10.8. The van der Waals surface area contributed by atoms with Crippen LogP contribution in [0.5, 0.6) is 0 Å². The van der Waals surface area contributed by atoms with E-state index < -0.39 is 0 Å². The monoisotopic (exact) mass is 378 g/mol. The molecule has 0 bridgehead atoms. The molecule has 0 aliphatic rings. The quantitative estimate of drug-likeness (QED) is 0.567. The number of aromatic nitrogens is 1. The number of nitriles is 1. The van der Waals surface area contributed by atoms with Gasteiger partial charge in [0.15, 0.2) is 0 Å². The van der Waals surface area contributed by atoms with E-state index in [9.17, 15) is 5.26 Å². The van der Waals surface area contributed by atoms with Crippen LogP contribution < -0.4 is 0 Å². The van der Waals surface area contributed by atoms with Crippen molar-refractivity contribution in [1.29, 1.82) is 5.26 Å². The van der Waals surface area contributed by atoms with Crippen LogP contribution in [0.15, 0.2) is 47.1 Å². The summed E-state index contributed by atoms with van der Waals surface area (Å²) in [5.41, 5.74) is 2.71. The lowest BCUT2D eigenvalue weighted by Crippen LogP contribution is -1.97. The van der Waals surface area contributed by atoms with Crippen LogP contribution in [0.2, 0.25) is 10.0 Å². The molecule has 2 nitrogen and oxygen atoms in total. The van der Waals surface area contributed by atoms with Crippen molar-refractivity contribution in [3.63, 3.8) is 0 Å². The van der Waals surface area contributed by atoms with E-state index in [1.165, 1.54) is 0 Å². The van der Waals surface area contributed by atoms with E-state index in [2.05, 4.69) is 22.0 Å². The van der Waals surface area contributed by atoms with Gasteiger partial charge in [0.05, 0.1) is 15.6 Å². The fourth-order valence-electron chi connectivity index (χ4n) is 2.32. The minimum absolute atomic E-state index is 0.536. The van der Waals surface area contributed by atoms with Gasteiger partial charge >= 0.3 is 0 Å². The van der Waals surface area contributed by atoms with E-state index in [-0.39, 0.29) is 0 Å². The lowest BCUT2D eigenvalue weighted by atomic mass is 10.2. The van der Waals surface area contributed by atoms with E-state index >= 15 is 0 Å². The SMILES string of the molecule is N#Cc1cn(Cc2ccc(Cl)c(Cl)c2)c2ccc(Br)cc12. The zero-order valence-electron chi connectivity index (χ0n) is 10.8. The third-order valence-electron chi connectivity index (χ3n) is 3.30. The molecule has 2 aromatic carbocycles. The first-order valence-corrected chi connectivity index (χ1v) is 7.76. The van der Waals surface area contributed by atoms with Crippen LogP contribution in [-0.2, 0) is 6.54 Å². The Morgan fingerprint density at radius 3 is 2.62 bits per heavy atom. The van der Waals surface area contributed by atoms with Gasteiger partial charge in [-0.2, -0.15) is 5.26 Å². The molecule has 0 saturated heterocycles. The van der Waals surface area contributed by atoms with E-state index in [0.717, 1.165) is 20.9 Å². The average Bonchev–Trinajstić information content (AvgIpc) is 2.80. The third kappa shape index (κ3) is 2.80. The number of halogens is 3. The highest BCUT2D eigenvalue weighted by Gasteiger charge is 2.09. The standard InChI is InChI=1S/C16H9BrCl2N2/c17-12-2-4-16-13(6-12)11(7-20)9-21(16)8-10-1-3-14(18)15(19)5-10/h1-6,9H,8H2. The molecule has 104 valence electrons. The van der Waals surface area contributed by atoms with Gasteiger partial charge < -0.3 is 4.57 Å². The molecular formula is C16H9BrCl2N2. The number of hydrogen-bond acceptors (Lipinski definition) is 1. The van der Waals surface area contributed by atoms with E-state index in [1.807, 2.05) is 41.1 Å². The molecule has 0 aliphatic carbocycles. The molecule has 1 heterocycles. The van der Waals surface area contributed by atoms with Gasteiger partial charge in [0.2, 0.25) is 0 Å². The highest BCUT2D eigenvalue weighted by atomic mass is 79.9. The smallest absolute Gasteiger partial charge is 0.101 e. The summed E-state index contributed by atoms with van der Waals surface area (Å²) in [7, 11) is 0. The Balaban J connectivity index is 2.08. The van der Waals surface area contributed by atoms with Crippen molar-refractivity contribution in [1.82, 2.24) is 4.57 Å². The van der Waals surface area contributed by atoms with Gasteiger partial charge in [-0.1, -0.05) is 45.2 Å². The fraction of sp³-hybridized carbons (Fsp3) is 0.0625. The predicted molar refractivity (Wildman–Crippen MR) is 89.9 cm³/mol. The third-order valence-corrected chi connectivity index (χ3v) is 4.53. The second-order valence-corrected chi connectivity index (χ2v) is 6.42. The molecule has 1 aromatic heterocycles. The van der Waals surface area contributed by atoms with Crippen molar-refractivity contribution in [2.45, 2.75) is 6.54 Å². The molecule has 0 saturated carbocycles. The van der Waals surface area contributed by atoms with Gasteiger partial charge in [0.1, 0.15) is 6.07 Å². The Morgan fingerprint density at radius 1 is 1.10 bits per heavy atom. The second kappa shape index (κ2) is 5.73. The first kappa shape index (κ1) is 14.5. The molecule has 3 aromatic rings. The van der Waals surface area contributed by atoms with Crippen LogP contribution in [0.25, 0.3) is 10.9 Å². The summed E-state index contributed by atoms with van der Waals surface area (Å²) < 4.78 is 3.00. The molecule has 0 spiro atoms. The van der Waals surface area contributed by atoms with Crippen LogP contribution in [0.4, 0.5) is 0 Å². The number of hydrogen-bond donors (Lipinski definition) is 0. The summed E-state index contributed by atoms with van der Waals surface area (Å²) in [6.45, 7) is 0.636. The lowest BCUT2D eigenvalue weighted by molar-refractivity contribution is 0.836. The van der Waals surface area contributed by atoms with E-state index in [0.29, 0.717) is 22.2 Å². The first-order valence-electron chi connectivity index (χ1n) is 6.21. The van der Waals surface area contributed by atoms with Crippen LogP contribution in [0.3, 0.4) is 0 Å². The second-order valence-electron chi connectivity index (χ2n) is 4.69. The summed E-state index contributed by atoms with van der Waals surface area (Å²) >= 11 is 15.4. The first-order chi connectivity index (χ1) is 10.1. The molecule has 0 aliphatic heterocycles. The maximum absolute atomic E-state index is 9.27. The molecule has 21 heavy (non-hydrogen) atoms. The van der Waals surface area contributed by atoms with Gasteiger partial charge in [-0.3, -0.25) is 0 Å². The molecule has 5 heteroatoms. The summed E-state index contributed by atoms with van der Waals surface area (Å²) in [6.07, 6.45) is 1.86. The van der Waals surface area contributed by atoms with Crippen molar-refractivity contribution in [2.24, 2.45) is 0 Å². The zero-order chi connectivity index (χ0) is 15.0. The minimum Gasteiger partial charge on any atom is -0.342 e. The van der Waals surface area contributed by atoms with Crippen LogP contribution in [-0.4, -0.2) is 4.57 Å². The predicted octanol–water partition coefficient (Wildman–Crippen LogP) is 5.63. The van der Waals surface area contributed by atoms with Gasteiger partial charge in [-0.25, -0.2) is 0 Å². The Kier molecular flexibility index (Phi) is 3.95. The van der Waals surface area contributed by atoms with Gasteiger partial charge in [0.25, 0.3) is 0 Å². The summed E-state index contributed by atoms with van der Waals surface area (Å²) in [6, 6.07) is 13.7. The summed E-state index contributed by atoms with van der Waals surface area (Å²) in [4.78, 5) is 0. The van der Waals surface area contributed by atoms with Crippen LogP contribution in [0.1, 0.15) is 11.1 Å². The van der Waals surface area contributed by atoms with Gasteiger partial charge in [-0.05, 0) is 35.9 Å². The number of benzene rings is 2. The fourth-order valence-corrected chi connectivity index (χ4v) is 3.01. The van der Waals surface area contributed by atoms with E-state index in [1.54, 1.807) is 6.07 Å². The Hall–Kier alpha value is -1.47. The van der Waals surface area contributed by atoms with Crippen molar-refractivity contribution in [2.75, 3.05) is 0 Å². The Labute approximate surface area is 140 Å². The average molecular weight is 380 g/mol. The number of rotatable bonds is 2. The molecule has 0 unspecified atom stereocenters. The molecule has 0 fully saturated rings. The molecule has 3 rings (SSSR count). The van der Waals surface area contributed by atoms with Crippen LogP contribution in [0, 0.1) is 11.3 Å². The molecule has 0 amide bonds. The highest BCUT2D eigenvalue weighted by molar-refractivity contribution is 9.10. The van der Waals surface area contributed by atoms with Crippen molar-refractivity contribution < 1.29 is 0 Å².